The Labute approximate surface area is 156 Å². The number of rotatable bonds is 1. The van der Waals surface area contributed by atoms with Gasteiger partial charge in [-0.15, -0.1) is 0 Å². The normalized spacial score (nSPS) is 17.1. The van der Waals surface area contributed by atoms with Gasteiger partial charge in [-0.2, -0.15) is 5.10 Å². The first kappa shape index (κ1) is 15.8. The Morgan fingerprint density at radius 1 is 1.25 bits per heavy atom. The van der Waals surface area contributed by atoms with Crippen LogP contribution in [0.4, 0.5) is 0 Å². The van der Waals surface area contributed by atoms with Gasteiger partial charge in [0, 0.05) is 21.7 Å². The molecule has 4 nitrogen and oxygen atoms in total. The smallest absolute Gasteiger partial charge is 0.274 e. The number of aromatic nitrogens is 2. The Morgan fingerprint density at radius 2 is 2.04 bits per heavy atom. The number of pyridine rings is 1. The summed E-state index contributed by atoms with van der Waals surface area (Å²) in [5, 5.41) is 4.47. The Kier molecular flexibility index (Phi) is 3.96. The average Bonchev–Trinajstić information content (AvgIpc) is 2.99. The molecule has 1 atom stereocenters. The highest BCUT2D eigenvalue weighted by Gasteiger charge is 2.29. The molecule has 0 saturated carbocycles. The molecule has 6 heteroatoms. The Balaban J connectivity index is 1.71. The van der Waals surface area contributed by atoms with Crippen LogP contribution in [-0.4, -0.2) is 27.0 Å². The van der Waals surface area contributed by atoms with Gasteiger partial charge in [-0.05, 0) is 68.5 Å². The second-order valence-corrected chi connectivity index (χ2v) is 7.76. The van der Waals surface area contributed by atoms with E-state index >= 15 is 0 Å². The van der Waals surface area contributed by atoms with E-state index in [1.165, 1.54) is 11.1 Å². The number of fused-ring (bicyclic) bond motifs is 2. The number of benzene rings is 1. The van der Waals surface area contributed by atoms with E-state index in [1.807, 2.05) is 29.3 Å². The third-order valence-electron chi connectivity index (χ3n) is 4.57. The first-order valence-electron chi connectivity index (χ1n) is 7.78. The minimum absolute atomic E-state index is 0.0243. The number of hydrogen-bond donors (Lipinski definition) is 0. The van der Waals surface area contributed by atoms with Gasteiger partial charge >= 0.3 is 0 Å². The lowest BCUT2D eigenvalue weighted by atomic mass is 9.93. The number of nitrogens with zero attached hydrogens (tertiary/aromatic N) is 3. The van der Waals surface area contributed by atoms with E-state index in [0.717, 1.165) is 27.4 Å². The Bertz CT molecular complexity index is 951. The molecule has 122 valence electrons. The highest BCUT2D eigenvalue weighted by atomic mass is 79.9. The molecule has 3 heterocycles. The van der Waals surface area contributed by atoms with Gasteiger partial charge in [0.2, 0.25) is 0 Å². The largest absolute Gasteiger partial charge is 0.330 e. The molecule has 1 aliphatic rings. The maximum absolute atomic E-state index is 13.0. The summed E-state index contributed by atoms with van der Waals surface area (Å²) in [5.74, 6) is -0.0243. The Morgan fingerprint density at radius 3 is 2.88 bits per heavy atom. The molecule has 1 aliphatic heterocycles. The van der Waals surface area contributed by atoms with Gasteiger partial charge in [-0.25, -0.2) is 4.52 Å². The number of halogens is 2. The van der Waals surface area contributed by atoms with Gasteiger partial charge in [0.05, 0.1) is 11.6 Å². The monoisotopic (exact) mass is 447 g/mol. The summed E-state index contributed by atoms with van der Waals surface area (Å²) in [4.78, 5) is 14.9. The molecule has 0 fully saturated rings. The van der Waals surface area contributed by atoms with Gasteiger partial charge < -0.3 is 4.90 Å². The molecule has 0 spiro atoms. The first-order valence-corrected chi connectivity index (χ1v) is 9.36. The summed E-state index contributed by atoms with van der Waals surface area (Å²) in [6.45, 7) is 2.80. The van der Waals surface area contributed by atoms with Crippen LogP contribution in [0, 0.1) is 0 Å². The van der Waals surface area contributed by atoms with Crippen molar-refractivity contribution in [1.82, 2.24) is 14.5 Å². The maximum atomic E-state index is 13.0. The van der Waals surface area contributed by atoms with E-state index < -0.39 is 0 Å². The van der Waals surface area contributed by atoms with E-state index in [-0.39, 0.29) is 11.9 Å². The van der Waals surface area contributed by atoms with Crippen LogP contribution in [0.25, 0.3) is 5.52 Å². The van der Waals surface area contributed by atoms with E-state index in [0.29, 0.717) is 5.69 Å². The zero-order valence-corrected chi connectivity index (χ0v) is 16.2. The van der Waals surface area contributed by atoms with Gasteiger partial charge in [0.1, 0.15) is 0 Å². The molecule has 1 amide bonds. The SMILES string of the molecule is CC1c2ccccc2CCN1C(=O)c1cc2c(Br)cc(Br)cn2n1. The highest BCUT2D eigenvalue weighted by molar-refractivity contribution is 9.11. The lowest BCUT2D eigenvalue weighted by Crippen LogP contribution is -2.39. The van der Waals surface area contributed by atoms with Gasteiger partial charge in [0.25, 0.3) is 5.91 Å². The summed E-state index contributed by atoms with van der Waals surface area (Å²) >= 11 is 6.97. The van der Waals surface area contributed by atoms with E-state index in [1.54, 1.807) is 4.52 Å². The number of amides is 1. The third-order valence-corrected chi connectivity index (χ3v) is 5.63. The lowest BCUT2D eigenvalue weighted by molar-refractivity contribution is 0.0671. The van der Waals surface area contributed by atoms with Crippen molar-refractivity contribution >= 4 is 43.3 Å². The van der Waals surface area contributed by atoms with Crippen LogP contribution in [0.5, 0.6) is 0 Å². The number of hydrogen-bond acceptors (Lipinski definition) is 2. The predicted molar refractivity (Wildman–Crippen MR) is 100 cm³/mol. The van der Waals surface area contributed by atoms with Crippen molar-refractivity contribution in [1.29, 1.82) is 0 Å². The van der Waals surface area contributed by atoms with Crippen LogP contribution in [0.2, 0.25) is 0 Å². The van der Waals surface area contributed by atoms with E-state index in [4.69, 9.17) is 0 Å². The van der Waals surface area contributed by atoms with Crippen molar-refractivity contribution in [3.63, 3.8) is 0 Å². The molecule has 1 aromatic carbocycles. The minimum Gasteiger partial charge on any atom is -0.330 e. The molecule has 0 N–H and O–H groups in total. The van der Waals surface area contributed by atoms with Crippen LogP contribution >= 0.6 is 31.9 Å². The van der Waals surface area contributed by atoms with Gasteiger partial charge in [0.15, 0.2) is 5.69 Å². The lowest BCUT2D eigenvalue weighted by Gasteiger charge is -2.34. The molecule has 2 aromatic heterocycles. The van der Waals surface area contributed by atoms with Gasteiger partial charge in [-0.3, -0.25) is 4.79 Å². The first-order chi connectivity index (χ1) is 11.5. The topological polar surface area (TPSA) is 37.6 Å². The van der Waals surface area contributed by atoms with Crippen molar-refractivity contribution in [2.24, 2.45) is 0 Å². The Hall–Kier alpha value is -1.66. The summed E-state index contributed by atoms with van der Waals surface area (Å²) in [5.41, 5.74) is 3.91. The van der Waals surface area contributed by atoms with Crippen LogP contribution in [0.3, 0.4) is 0 Å². The minimum atomic E-state index is -0.0243. The molecule has 4 rings (SSSR count). The zero-order valence-electron chi connectivity index (χ0n) is 13.0. The molecular formula is C18H15Br2N3O. The zero-order chi connectivity index (χ0) is 16.8. The average molecular weight is 449 g/mol. The maximum Gasteiger partial charge on any atom is 0.274 e. The summed E-state index contributed by atoms with van der Waals surface area (Å²) in [7, 11) is 0. The second kappa shape index (κ2) is 6.01. The third kappa shape index (κ3) is 2.58. The fourth-order valence-electron chi connectivity index (χ4n) is 3.32. The van der Waals surface area contributed by atoms with Crippen molar-refractivity contribution in [2.45, 2.75) is 19.4 Å². The predicted octanol–water partition coefficient (Wildman–Crippen LogP) is 4.62. The quantitative estimate of drug-likeness (QED) is 0.544. The van der Waals surface area contributed by atoms with Crippen LogP contribution < -0.4 is 0 Å². The second-order valence-electron chi connectivity index (χ2n) is 5.99. The van der Waals surface area contributed by atoms with Crippen LogP contribution in [-0.2, 0) is 6.42 Å². The van der Waals surface area contributed by atoms with Crippen molar-refractivity contribution < 1.29 is 4.79 Å². The standard InChI is InChI=1S/C18H15Br2N3O/c1-11-14-5-3-2-4-12(14)6-7-22(11)18(24)16-9-17-15(20)8-13(19)10-23(17)21-16/h2-5,8-11H,6-7H2,1H3. The molecule has 0 bridgehead atoms. The molecular weight excluding hydrogens is 434 g/mol. The molecule has 0 radical (unpaired) electrons. The molecule has 0 saturated heterocycles. The molecule has 0 aliphatic carbocycles. The van der Waals surface area contributed by atoms with Crippen molar-refractivity contribution in [3.05, 3.63) is 68.4 Å². The molecule has 3 aromatic rings. The number of carbonyl (C=O) groups excluding carboxylic acids is 1. The van der Waals surface area contributed by atoms with E-state index in [9.17, 15) is 4.79 Å². The fourth-order valence-corrected chi connectivity index (χ4v) is 4.59. The van der Waals surface area contributed by atoms with Crippen molar-refractivity contribution in [3.8, 4) is 0 Å². The summed E-state index contributed by atoms with van der Waals surface area (Å²) < 4.78 is 3.54. The molecule has 1 unspecified atom stereocenters. The van der Waals surface area contributed by atoms with E-state index in [2.05, 4.69) is 62.1 Å². The summed E-state index contributed by atoms with van der Waals surface area (Å²) in [6, 6.07) is 12.2. The van der Waals surface area contributed by atoms with Crippen molar-refractivity contribution in [2.75, 3.05) is 6.54 Å². The molecule has 24 heavy (non-hydrogen) atoms. The van der Waals surface area contributed by atoms with Gasteiger partial charge in [-0.1, -0.05) is 24.3 Å². The highest BCUT2D eigenvalue weighted by Crippen LogP contribution is 2.31. The number of carbonyl (C=O) groups is 1. The summed E-state index contributed by atoms with van der Waals surface area (Å²) in [6.07, 6.45) is 2.74. The van der Waals surface area contributed by atoms with Crippen LogP contribution in [0.1, 0.15) is 34.6 Å². The van der Waals surface area contributed by atoms with Crippen LogP contribution in [0.15, 0.2) is 51.5 Å². The fraction of sp³-hybridized carbons (Fsp3) is 0.222.